The Kier molecular flexibility index (Phi) is 9.63. The summed E-state index contributed by atoms with van der Waals surface area (Å²) in [5.41, 5.74) is -2.79. The molecule has 0 amide bonds. The van der Waals surface area contributed by atoms with Crippen LogP contribution in [0, 0.1) is 0 Å². The van der Waals surface area contributed by atoms with E-state index in [1.807, 2.05) is 26.4 Å². The molecule has 0 aromatic rings. The second kappa shape index (κ2) is 8.58. The number of hydrogen-bond donors (Lipinski definition) is 0. The molecular formula is C9H17BClF7OS. The van der Waals surface area contributed by atoms with Gasteiger partial charge in [-0.15, -0.1) is 0 Å². The van der Waals surface area contributed by atoms with Gasteiger partial charge in [-0.3, -0.25) is 0 Å². The zero-order valence-electron chi connectivity index (χ0n) is 11.4. The van der Waals surface area contributed by atoms with E-state index in [1.165, 1.54) is 0 Å². The molecule has 1 unspecified atom stereocenters. The normalized spacial score (nSPS) is 14.8. The Morgan fingerprint density at radius 1 is 1.15 bits per heavy atom. The number of hydrogen-bond acceptors (Lipinski definition) is 1. The molecule has 0 bridgehead atoms. The van der Waals surface area contributed by atoms with Gasteiger partial charge in [0.25, 0.3) is 5.63 Å². The van der Waals surface area contributed by atoms with Crippen molar-refractivity contribution in [2.24, 2.45) is 0 Å². The Morgan fingerprint density at radius 2 is 1.50 bits per heavy atom. The Balaban J connectivity index is 0. The highest BCUT2D eigenvalue weighted by Gasteiger charge is 2.41. The fraction of sp³-hybridized carbons (Fsp3) is 1.00. The molecule has 0 heterocycles. The molecule has 0 aliphatic heterocycles. The maximum Gasteiger partial charge on any atom is 0.673 e. The summed E-state index contributed by atoms with van der Waals surface area (Å²) in [6.07, 6.45) is 0.606. The van der Waals surface area contributed by atoms with Gasteiger partial charge in [-0.1, -0.05) is 11.6 Å². The summed E-state index contributed by atoms with van der Waals surface area (Å²) in [6.45, 7) is 3.73. The van der Waals surface area contributed by atoms with Crippen LogP contribution in [0.2, 0.25) is 0 Å². The van der Waals surface area contributed by atoms with E-state index in [0.717, 1.165) is 0 Å². The Hall–Kier alpha value is 0.175. The number of alkyl halides is 4. The van der Waals surface area contributed by atoms with Crippen molar-refractivity contribution in [3.05, 3.63) is 0 Å². The first-order valence-corrected chi connectivity index (χ1v) is 7.82. The van der Waals surface area contributed by atoms with Crippen molar-refractivity contribution in [1.29, 1.82) is 0 Å². The van der Waals surface area contributed by atoms with Gasteiger partial charge >= 0.3 is 13.4 Å². The van der Waals surface area contributed by atoms with Gasteiger partial charge in [0.15, 0.2) is 0 Å². The molecule has 0 aromatic carbocycles. The average Bonchev–Trinajstić information content (AvgIpc) is 2.13. The van der Waals surface area contributed by atoms with Crippen LogP contribution in [0.15, 0.2) is 0 Å². The van der Waals surface area contributed by atoms with Gasteiger partial charge in [0.2, 0.25) is 0 Å². The molecule has 0 saturated carbocycles. The van der Waals surface area contributed by atoms with Crippen LogP contribution < -0.4 is 0 Å². The van der Waals surface area contributed by atoms with Crippen molar-refractivity contribution >= 4 is 29.8 Å². The third-order valence-electron chi connectivity index (χ3n) is 2.36. The second-order valence-electron chi connectivity index (χ2n) is 4.53. The minimum atomic E-state index is -6.00. The molecule has 0 spiro atoms. The molecule has 0 aliphatic rings. The molecule has 0 saturated heterocycles. The van der Waals surface area contributed by atoms with E-state index in [9.17, 15) is 30.4 Å². The van der Waals surface area contributed by atoms with E-state index in [0.29, 0.717) is 6.42 Å². The van der Waals surface area contributed by atoms with Crippen LogP contribution in [0.4, 0.5) is 30.4 Å². The summed E-state index contributed by atoms with van der Waals surface area (Å²) in [7, 11) is -5.92. The maximum atomic E-state index is 12.6. The molecule has 1 atom stereocenters. The van der Waals surface area contributed by atoms with Gasteiger partial charge in [0.1, 0.15) is 4.75 Å². The molecule has 1 nitrogen and oxygen atoms in total. The van der Waals surface area contributed by atoms with Crippen LogP contribution in [0.3, 0.4) is 0 Å². The molecule has 0 radical (unpaired) electrons. The highest BCUT2D eigenvalue weighted by molar-refractivity contribution is 7.96. The van der Waals surface area contributed by atoms with Gasteiger partial charge < -0.3 is 22.0 Å². The fourth-order valence-electron chi connectivity index (χ4n) is 0.700. The monoisotopic (exact) mass is 352 g/mol. The van der Waals surface area contributed by atoms with Crippen LogP contribution >= 0.6 is 11.6 Å². The lowest BCUT2D eigenvalue weighted by molar-refractivity contribution is -0.257. The molecule has 0 N–H and O–H groups in total. The smallest absolute Gasteiger partial charge is 0.418 e. The predicted octanol–water partition coefficient (Wildman–Crippen LogP) is 4.48. The highest BCUT2D eigenvalue weighted by atomic mass is 35.5. The van der Waals surface area contributed by atoms with Crippen LogP contribution in [-0.2, 0) is 15.6 Å². The van der Waals surface area contributed by atoms with E-state index in [-0.39, 0.29) is 22.2 Å². The van der Waals surface area contributed by atoms with Gasteiger partial charge in [0, 0.05) is 6.42 Å². The first-order valence-electron chi connectivity index (χ1n) is 5.34. The summed E-state index contributed by atoms with van der Waals surface area (Å²) in [5, 5.41) is 0. The van der Waals surface area contributed by atoms with Gasteiger partial charge in [-0.2, -0.15) is 8.78 Å². The average molecular weight is 353 g/mol. The number of halogens is 8. The third kappa shape index (κ3) is 13.2. The summed E-state index contributed by atoms with van der Waals surface area (Å²) in [6, 6.07) is 0. The minimum Gasteiger partial charge on any atom is -0.418 e. The maximum absolute atomic E-state index is 12.6. The molecule has 0 aliphatic carbocycles. The molecule has 0 aromatic heterocycles. The largest absolute Gasteiger partial charge is 0.673 e. The number of rotatable bonds is 6. The van der Waals surface area contributed by atoms with Crippen molar-refractivity contribution in [1.82, 2.24) is 0 Å². The highest BCUT2D eigenvalue weighted by Crippen LogP contribution is 2.28. The van der Waals surface area contributed by atoms with E-state index < -0.39 is 19.0 Å². The van der Waals surface area contributed by atoms with Crippen molar-refractivity contribution in [3.63, 3.8) is 0 Å². The van der Waals surface area contributed by atoms with Gasteiger partial charge in [-0.05, 0) is 24.7 Å². The summed E-state index contributed by atoms with van der Waals surface area (Å²) in [4.78, 5) is 0. The lowest BCUT2D eigenvalue weighted by Crippen LogP contribution is -2.35. The summed E-state index contributed by atoms with van der Waals surface area (Å²) < 4.78 is 80.4. The molecule has 11 heteroatoms. The van der Waals surface area contributed by atoms with E-state index in [2.05, 4.69) is 16.3 Å². The zero-order valence-corrected chi connectivity index (χ0v) is 13.0. The van der Waals surface area contributed by atoms with Gasteiger partial charge in [0.05, 0.1) is 19.1 Å². The first-order chi connectivity index (χ1) is 8.59. The Labute approximate surface area is 121 Å². The molecule has 124 valence electrons. The zero-order chi connectivity index (χ0) is 16.8. The lowest BCUT2D eigenvalue weighted by Gasteiger charge is -2.23. The minimum absolute atomic E-state index is 0.0835. The van der Waals surface area contributed by atoms with Crippen molar-refractivity contribution in [3.8, 4) is 0 Å². The quantitative estimate of drug-likeness (QED) is 0.296. The topological polar surface area (TPSA) is 9.23 Å². The van der Waals surface area contributed by atoms with Gasteiger partial charge in [-0.25, -0.2) is 4.39 Å². The Morgan fingerprint density at radius 3 is 1.75 bits per heavy atom. The second-order valence-corrected chi connectivity index (χ2v) is 7.65. The van der Waals surface area contributed by atoms with Crippen LogP contribution in [0.1, 0.15) is 20.3 Å². The summed E-state index contributed by atoms with van der Waals surface area (Å²) >= 11 is 4.64. The first kappa shape index (κ1) is 22.5. The van der Waals surface area contributed by atoms with E-state index in [4.69, 9.17) is 0 Å². The standard InChI is InChI=1S/C9H17ClF3OS.BF4/c1-8(2,15(3)4)5-6-14-9(12,13)7(10)11;2-1(3,4)5/h7H,5-6H2,1-4H3;/q+1;-1. The summed E-state index contributed by atoms with van der Waals surface area (Å²) in [5.74, 6) is 0. The SMILES string of the molecule is C[S+](C)C(C)(C)CCOC(F)(F)C(F)Cl.F[B-](F)(F)F. The lowest BCUT2D eigenvalue weighted by atomic mass is 10.1. The van der Waals surface area contributed by atoms with Crippen molar-refractivity contribution in [2.75, 3.05) is 19.1 Å². The molecule has 20 heavy (non-hydrogen) atoms. The molecular weight excluding hydrogens is 335 g/mol. The Bertz CT molecular complexity index is 248. The van der Waals surface area contributed by atoms with Crippen LogP contribution in [0.5, 0.6) is 0 Å². The number of ether oxygens (including phenoxy) is 1. The van der Waals surface area contributed by atoms with E-state index >= 15 is 0 Å². The van der Waals surface area contributed by atoms with Crippen molar-refractivity contribution < 1.29 is 35.2 Å². The molecule has 0 fully saturated rings. The third-order valence-corrected chi connectivity index (χ3v) is 5.03. The van der Waals surface area contributed by atoms with Crippen molar-refractivity contribution in [2.45, 2.75) is 36.8 Å². The molecule has 0 rings (SSSR count). The van der Waals surface area contributed by atoms with Crippen LogP contribution in [0.25, 0.3) is 0 Å². The fourth-order valence-corrected chi connectivity index (χ4v) is 1.25. The van der Waals surface area contributed by atoms with Crippen LogP contribution in [-0.4, -0.2) is 42.9 Å². The van der Waals surface area contributed by atoms with E-state index in [1.54, 1.807) is 0 Å². The predicted molar refractivity (Wildman–Crippen MR) is 69.7 cm³/mol.